The van der Waals surface area contributed by atoms with Crippen LogP contribution in [0.3, 0.4) is 0 Å². The van der Waals surface area contributed by atoms with Crippen molar-refractivity contribution in [3.8, 4) is 0 Å². The average molecular weight is 257 g/mol. The molecule has 0 aliphatic rings. The fraction of sp³-hybridized carbons (Fsp3) is 0.0714. The summed E-state index contributed by atoms with van der Waals surface area (Å²) in [7, 11) is 0. The van der Waals surface area contributed by atoms with E-state index in [4.69, 9.17) is 0 Å². The standard InChI is InChI=1S/C14H12FN3O/c1-10(11-6-8-16-9-7-11)17-18-14(19)12-2-4-13(15)5-3-12/h2-9H,1H3,(H,18,19)/b17-10-. The monoisotopic (exact) mass is 257 g/mol. The van der Waals surface area contributed by atoms with E-state index in [1.54, 1.807) is 31.5 Å². The molecule has 96 valence electrons. The Balaban J connectivity index is 2.06. The molecular weight excluding hydrogens is 245 g/mol. The van der Waals surface area contributed by atoms with Crippen molar-refractivity contribution in [3.63, 3.8) is 0 Å². The summed E-state index contributed by atoms with van der Waals surface area (Å²) in [6.45, 7) is 1.78. The zero-order valence-corrected chi connectivity index (χ0v) is 10.3. The summed E-state index contributed by atoms with van der Waals surface area (Å²) in [6, 6.07) is 8.86. The summed E-state index contributed by atoms with van der Waals surface area (Å²) < 4.78 is 12.7. The third-order valence-electron chi connectivity index (χ3n) is 2.53. The zero-order valence-electron chi connectivity index (χ0n) is 10.3. The number of pyridine rings is 1. The first-order valence-electron chi connectivity index (χ1n) is 5.67. The van der Waals surface area contributed by atoms with Gasteiger partial charge >= 0.3 is 0 Å². The normalized spacial score (nSPS) is 11.2. The highest BCUT2D eigenvalue weighted by molar-refractivity contribution is 6.00. The Morgan fingerprint density at radius 3 is 2.37 bits per heavy atom. The summed E-state index contributed by atoms with van der Waals surface area (Å²) in [5.74, 6) is -0.763. The highest BCUT2D eigenvalue weighted by Crippen LogP contribution is 2.03. The molecule has 5 heteroatoms. The van der Waals surface area contributed by atoms with Crippen molar-refractivity contribution in [2.45, 2.75) is 6.92 Å². The van der Waals surface area contributed by atoms with Gasteiger partial charge in [0.1, 0.15) is 5.82 Å². The Labute approximate surface area is 110 Å². The van der Waals surface area contributed by atoms with E-state index in [0.29, 0.717) is 11.3 Å². The maximum absolute atomic E-state index is 12.7. The van der Waals surface area contributed by atoms with Crippen LogP contribution in [0.25, 0.3) is 0 Å². The van der Waals surface area contributed by atoms with Crippen molar-refractivity contribution in [2.75, 3.05) is 0 Å². The van der Waals surface area contributed by atoms with Crippen molar-refractivity contribution in [3.05, 3.63) is 65.7 Å². The van der Waals surface area contributed by atoms with Gasteiger partial charge in [0.05, 0.1) is 5.71 Å². The third kappa shape index (κ3) is 3.45. The molecule has 2 rings (SSSR count). The van der Waals surface area contributed by atoms with Crippen molar-refractivity contribution < 1.29 is 9.18 Å². The minimum absolute atomic E-state index is 0.354. The van der Waals surface area contributed by atoms with Gasteiger partial charge in [-0.05, 0) is 43.3 Å². The van der Waals surface area contributed by atoms with Gasteiger partial charge in [-0.15, -0.1) is 0 Å². The number of rotatable bonds is 3. The molecule has 1 aromatic carbocycles. The summed E-state index contributed by atoms with van der Waals surface area (Å²) in [5.41, 5.74) is 4.31. The van der Waals surface area contributed by atoms with Crippen molar-refractivity contribution in [2.24, 2.45) is 5.10 Å². The lowest BCUT2D eigenvalue weighted by Gasteiger charge is -2.02. The van der Waals surface area contributed by atoms with Gasteiger partial charge in [-0.3, -0.25) is 9.78 Å². The smallest absolute Gasteiger partial charge is 0.267 e. The van der Waals surface area contributed by atoms with Gasteiger partial charge < -0.3 is 0 Å². The number of hydrogen-bond acceptors (Lipinski definition) is 3. The maximum Gasteiger partial charge on any atom is 0.271 e. The largest absolute Gasteiger partial charge is 0.271 e. The molecule has 0 unspecified atom stereocenters. The molecule has 0 spiro atoms. The fourth-order valence-corrected chi connectivity index (χ4v) is 1.46. The predicted octanol–water partition coefficient (Wildman–Crippen LogP) is 2.37. The summed E-state index contributed by atoms with van der Waals surface area (Å²) in [4.78, 5) is 15.6. The van der Waals surface area contributed by atoms with Gasteiger partial charge in [-0.25, -0.2) is 9.82 Å². The van der Waals surface area contributed by atoms with Crippen LogP contribution in [0, 0.1) is 5.82 Å². The number of amides is 1. The van der Waals surface area contributed by atoms with Crippen LogP contribution in [-0.2, 0) is 0 Å². The molecule has 19 heavy (non-hydrogen) atoms. The molecule has 1 heterocycles. The van der Waals surface area contributed by atoms with Crippen LogP contribution >= 0.6 is 0 Å². The van der Waals surface area contributed by atoms with Gasteiger partial charge in [0.2, 0.25) is 0 Å². The first-order valence-corrected chi connectivity index (χ1v) is 5.67. The van der Waals surface area contributed by atoms with Gasteiger partial charge in [-0.2, -0.15) is 5.10 Å². The molecule has 1 aromatic heterocycles. The molecule has 1 N–H and O–H groups in total. The Hall–Kier alpha value is -2.56. The number of nitrogens with zero attached hydrogens (tertiary/aromatic N) is 2. The van der Waals surface area contributed by atoms with E-state index in [0.717, 1.165) is 5.56 Å². The summed E-state index contributed by atoms with van der Waals surface area (Å²) >= 11 is 0. The number of hydrazone groups is 1. The minimum atomic E-state index is -0.381. The van der Waals surface area contributed by atoms with Crippen LogP contribution in [-0.4, -0.2) is 16.6 Å². The second-order valence-electron chi connectivity index (χ2n) is 3.88. The number of hydrogen-bond donors (Lipinski definition) is 1. The first-order chi connectivity index (χ1) is 9.16. The lowest BCUT2D eigenvalue weighted by Crippen LogP contribution is -2.19. The van der Waals surface area contributed by atoms with E-state index in [1.807, 2.05) is 0 Å². The number of benzene rings is 1. The van der Waals surface area contributed by atoms with Crippen LogP contribution in [0.5, 0.6) is 0 Å². The van der Waals surface area contributed by atoms with Crippen LogP contribution in [0.15, 0.2) is 53.9 Å². The molecule has 0 saturated carbocycles. The van der Waals surface area contributed by atoms with Gasteiger partial charge in [0, 0.05) is 23.5 Å². The molecule has 0 atom stereocenters. The third-order valence-corrected chi connectivity index (χ3v) is 2.53. The lowest BCUT2D eigenvalue weighted by molar-refractivity contribution is 0.0955. The zero-order chi connectivity index (χ0) is 13.7. The Morgan fingerprint density at radius 1 is 1.11 bits per heavy atom. The molecule has 0 radical (unpaired) electrons. The molecule has 4 nitrogen and oxygen atoms in total. The van der Waals surface area contributed by atoms with E-state index in [1.165, 1.54) is 24.3 Å². The van der Waals surface area contributed by atoms with Gasteiger partial charge in [0.15, 0.2) is 0 Å². The van der Waals surface area contributed by atoms with Crippen LogP contribution in [0.4, 0.5) is 4.39 Å². The van der Waals surface area contributed by atoms with Crippen LogP contribution in [0.2, 0.25) is 0 Å². The molecular formula is C14H12FN3O. The summed E-state index contributed by atoms with van der Waals surface area (Å²) in [5, 5.41) is 3.99. The second-order valence-corrected chi connectivity index (χ2v) is 3.88. The van der Waals surface area contributed by atoms with E-state index < -0.39 is 0 Å². The lowest BCUT2D eigenvalue weighted by atomic mass is 10.2. The average Bonchev–Trinajstić information content (AvgIpc) is 2.46. The molecule has 0 aliphatic heterocycles. The Kier molecular flexibility index (Phi) is 3.97. The highest BCUT2D eigenvalue weighted by Gasteiger charge is 2.04. The highest BCUT2D eigenvalue weighted by atomic mass is 19.1. The Morgan fingerprint density at radius 2 is 1.74 bits per heavy atom. The SMILES string of the molecule is C/C(=N/NC(=O)c1ccc(F)cc1)c1ccncc1. The van der Waals surface area contributed by atoms with E-state index in [9.17, 15) is 9.18 Å². The summed E-state index contributed by atoms with van der Waals surface area (Å²) in [6.07, 6.45) is 3.30. The van der Waals surface area contributed by atoms with Crippen molar-refractivity contribution in [1.29, 1.82) is 0 Å². The molecule has 0 saturated heterocycles. The Bertz CT molecular complexity index is 594. The molecule has 1 amide bonds. The van der Waals surface area contributed by atoms with Gasteiger partial charge in [-0.1, -0.05) is 0 Å². The number of nitrogens with one attached hydrogen (secondary N) is 1. The maximum atomic E-state index is 12.7. The molecule has 0 fully saturated rings. The van der Waals surface area contributed by atoms with Crippen molar-refractivity contribution >= 4 is 11.6 Å². The fourth-order valence-electron chi connectivity index (χ4n) is 1.46. The van der Waals surface area contributed by atoms with E-state index in [-0.39, 0.29) is 11.7 Å². The number of halogens is 1. The van der Waals surface area contributed by atoms with Gasteiger partial charge in [0.25, 0.3) is 5.91 Å². The van der Waals surface area contributed by atoms with Crippen LogP contribution < -0.4 is 5.43 Å². The number of carbonyl (C=O) groups is 1. The number of carbonyl (C=O) groups excluding carboxylic acids is 1. The molecule has 0 aliphatic carbocycles. The first kappa shape index (κ1) is 12.9. The topological polar surface area (TPSA) is 54.4 Å². The molecule has 2 aromatic rings. The quantitative estimate of drug-likeness (QED) is 0.678. The second kappa shape index (κ2) is 5.86. The van der Waals surface area contributed by atoms with E-state index in [2.05, 4.69) is 15.5 Å². The molecule has 0 bridgehead atoms. The van der Waals surface area contributed by atoms with E-state index >= 15 is 0 Å². The minimum Gasteiger partial charge on any atom is -0.267 e. The number of aromatic nitrogens is 1. The van der Waals surface area contributed by atoms with Crippen LogP contribution in [0.1, 0.15) is 22.8 Å². The van der Waals surface area contributed by atoms with Crippen molar-refractivity contribution in [1.82, 2.24) is 10.4 Å². The predicted molar refractivity (Wildman–Crippen MR) is 70.3 cm³/mol.